The molecule has 1 aromatic heterocycles. The number of nitrogens with zero attached hydrogens (tertiary/aromatic N) is 3. The number of nitrogens with one attached hydrogen (secondary N) is 1. The molecule has 2 heterocycles. The molecule has 8 heteroatoms. The first-order valence-corrected chi connectivity index (χ1v) is 11.7. The van der Waals surface area contributed by atoms with E-state index in [4.69, 9.17) is 23.2 Å². The molecule has 3 aromatic rings. The average molecular weight is 489 g/mol. The van der Waals surface area contributed by atoms with E-state index in [0.717, 1.165) is 23.1 Å². The van der Waals surface area contributed by atoms with Crippen molar-refractivity contribution in [3.05, 3.63) is 87.4 Å². The number of benzene rings is 2. The van der Waals surface area contributed by atoms with Gasteiger partial charge in [0.1, 0.15) is 0 Å². The monoisotopic (exact) mass is 488 g/mol. The van der Waals surface area contributed by atoms with Crippen molar-refractivity contribution in [1.82, 2.24) is 19.8 Å². The van der Waals surface area contributed by atoms with Crippen LogP contribution >= 0.6 is 23.2 Å². The Bertz CT molecular complexity index is 1120. The van der Waals surface area contributed by atoms with Gasteiger partial charge >= 0.3 is 0 Å². The van der Waals surface area contributed by atoms with E-state index in [2.05, 4.69) is 16.4 Å². The number of hydrogen-bond donors (Lipinski definition) is 1. The number of aromatic nitrogens is 2. The smallest absolute Gasteiger partial charge is 0.251 e. The first-order chi connectivity index (χ1) is 15.8. The first-order valence-electron chi connectivity index (χ1n) is 11.0. The summed E-state index contributed by atoms with van der Waals surface area (Å²) in [4.78, 5) is 19.0. The highest BCUT2D eigenvalue weighted by Gasteiger charge is 2.33. The number of halogens is 3. The number of alkyl halides is 1. The molecule has 0 bridgehead atoms. The second-order valence-corrected chi connectivity index (χ2v) is 9.47. The van der Waals surface area contributed by atoms with E-state index in [1.807, 2.05) is 42.9 Å². The van der Waals surface area contributed by atoms with Crippen LogP contribution in [0.1, 0.15) is 52.7 Å². The number of piperidine rings is 1. The highest BCUT2D eigenvalue weighted by Crippen LogP contribution is 2.36. The van der Waals surface area contributed by atoms with E-state index >= 15 is 0 Å². The van der Waals surface area contributed by atoms with Gasteiger partial charge in [-0.1, -0.05) is 35.3 Å². The summed E-state index contributed by atoms with van der Waals surface area (Å²) in [5, 5.41) is 3.91. The third-order valence-electron chi connectivity index (χ3n) is 6.45. The number of rotatable bonds is 6. The molecule has 0 spiro atoms. The van der Waals surface area contributed by atoms with Gasteiger partial charge in [-0.05, 0) is 73.7 Å². The van der Waals surface area contributed by atoms with Gasteiger partial charge in [-0.15, -0.1) is 0 Å². The number of likely N-dealkylation sites (N-methyl/N-ethyl adjacent to an activating group) is 1. The first kappa shape index (κ1) is 23.7. The van der Waals surface area contributed by atoms with Crippen molar-refractivity contribution in [3.63, 3.8) is 0 Å². The molecule has 0 aliphatic carbocycles. The average Bonchev–Trinajstić information content (AvgIpc) is 3.31. The van der Waals surface area contributed by atoms with E-state index < -0.39 is 6.30 Å². The van der Waals surface area contributed by atoms with Gasteiger partial charge in [0.05, 0.1) is 16.4 Å². The third kappa shape index (κ3) is 5.57. The molecule has 5 nitrogen and oxygen atoms in total. The molecule has 1 saturated heterocycles. The summed E-state index contributed by atoms with van der Waals surface area (Å²) in [6.45, 7) is 2.98. The number of hydrogen-bond acceptors (Lipinski definition) is 3. The van der Waals surface area contributed by atoms with Gasteiger partial charge in [-0.3, -0.25) is 9.69 Å². The number of carbonyl (C=O) groups is 1. The lowest BCUT2D eigenvalue weighted by Gasteiger charge is -2.39. The van der Waals surface area contributed by atoms with Crippen LogP contribution in [0.15, 0.2) is 55.1 Å². The molecule has 1 N–H and O–H groups in total. The largest absolute Gasteiger partial charge is 0.348 e. The zero-order valence-electron chi connectivity index (χ0n) is 18.6. The molecular formula is C25H27Cl2FN4O. The Morgan fingerprint density at radius 2 is 1.97 bits per heavy atom. The Balaban J connectivity index is 1.59. The van der Waals surface area contributed by atoms with Crippen molar-refractivity contribution in [2.24, 2.45) is 0 Å². The van der Waals surface area contributed by atoms with Gasteiger partial charge < -0.3 is 9.88 Å². The minimum Gasteiger partial charge on any atom is -0.348 e. The van der Waals surface area contributed by atoms with Crippen molar-refractivity contribution >= 4 is 29.1 Å². The standard InChI is InChI=1S/C25H27Cl2FN4O/c1-16-21(4-6-24(28)31(16)2)19-9-18(14-32-8-7-29-15-32)10-20(12-19)25(33)30-13-17-3-5-22(26)23(27)11-17/h3,5,7-12,15-16,21,24H,4,6,13-14H2,1-2H3,(H,30,33). The lowest BCUT2D eigenvalue weighted by Crippen LogP contribution is -2.44. The Kier molecular flexibility index (Phi) is 7.37. The highest BCUT2D eigenvalue weighted by atomic mass is 35.5. The zero-order valence-corrected chi connectivity index (χ0v) is 20.2. The minimum atomic E-state index is -0.931. The molecule has 3 unspecified atom stereocenters. The highest BCUT2D eigenvalue weighted by molar-refractivity contribution is 6.42. The van der Waals surface area contributed by atoms with Gasteiger partial charge in [0.25, 0.3) is 5.91 Å². The van der Waals surface area contributed by atoms with E-state index in [1.54, 1.807) is 29.6 Å². The van der Waals surface area contributed by atoms with E-state index in [-0.39, 0.29) is 17.9 Å². The summed E-state index contributed by atoms with van der Waals surface area (Å²) >= 11 is 12.1. The van der Waals surface area contributed by atoms with Crippen LogP contribution in [-0.4, -0.2) is 39.7 Å². The summed E-state index contributed by atoms with van der Waals surface area (Å²) in [6.07, 6.45) is 5.66. The molecule has 2 aromatic carbocycles. The molecular weight excluding hydrogens is 462 g/mol. The predicted molar refractivity (Wildman–Crippen MR) is 129 cm³/mol. The number of imidazole rings is 1. The van der Waals surface area contributed by atoms with Crippen molar-refractivity contribution < 1.29 is 9.18 Å². The second-order valence-electron chi connectivity index (χ2n) is 8.65. The molecule has 0 saturated carbocycles. The lowest BCUT2D eigenvalue weighted by molar-refractivity contribution is 0.0201. The fraction of sp³-hybridized carbons (Fsp3) is 0.360. The van der Waals surface area contributed by atoms with Gasteiger partial charge in [-0.2, -0.15) is 0 Å². The van der Waals surface area contributed by atoms with Crippen LogP contribution in [0.4, 0.5) is 4.39 Å². The second kappa shape index (κ2) is 10.2. The van der Waals surface area contributed by atoms with Crippen molar-refractivity contribution in [1.29, 1.82) is 0 Å². The Labute approximate surface area is 203 Å². The van der Waals surface area contributed by atoms with Crippen LogP contribution < -0.4 is 5.32 Å². The lowest BCUT2D eigenvalue weighted by atomic mass is 9.83. The fourth-order valence-electron chi connectivity index (χ4n) is 4.43. The summed E-state index contributed by atoms with van der Waals surface area (Å²) in [5.74, 6) is -0.0265. The minimum absolute atomic E-state index is 0.0318. The van der Waals surface area contributed by atoms with Crippen LogP contribution in [0.3, 0.4) is 0 Å². The number of amides is 1. The Morgan fingerprint density at radius 3 is 2.70 bits per heavy atom. The van der Waals surface area contributed by atoms with Crippen molar-refractivity contribution in [2.75, 3.05) is 7.05 Å². The number of carbonyl (C=O) groups excluding carboxylic acids is 1. The summed E-state index contributed by atoms with van der Waals surface area (Å²) in [5.41, 5.74) is 3.50. The third-order valence-corrected chi connectivity index (χ3v) is 7.19. The van der Waals surface area contributed by atoms with Crippen LogP contribution in [0, 0.1) is 0 Å². The van der Waals surface area contributed by atoms with Crippen LogP contribution in [0.25, 0.3) is 0 Å². The molecule has 1 aliphatic rings. The maximum Gasteiger partial charge on any atom is 0.251 e. The van der Waals surface area contributed by atoms with Gasteiger partial charge in [-0.25, -0.2) is 9.37 Å². The maximum atomic E-state index is 14.2. The van der Waals surface area contributed by atoms with Crippen LogP contribution in [0.5, 0.6) is 0 Å². The zero-order chi connectivity index (χ0) is 23.5. The van der Waals surface area contributed by atoms with Gasteiger partial charge in [0.15, 0.2) is 6.30 Å². The molecule has 0 radical (unpaired) electrons. The van der Waals surface area contributed by atoms with Crippen LogP contribution in [-0.2, 0) is 13.1 Å². The molecule has 33 heavy (non-hydrogen) atoms. The normalized spacial score (nSPS) is 21.2. The number of likely N-dealkylation sites (tertiary alicyclic amines) is 1. The molecule has 3 atom stereocenters. The molecule has 1 aliphatic heterocycles. The van der Waals surface area contributed by atoms with E-state index in [9.17, 15) is 9.18 Å². The fourth-order valence-corrected chi connectivity index (χ4v) is 4.75. The maximum absolute atomic E-state index is 14.2. The molecule has 4 rings (SSSR count). The Hall–Kier alpha value is -2.41. The molecule has 1 fully saturated rings. The molecule has 174 valence electrons. The quantitative estimate of drug-likeness (QED) is 0.455. The topological polar surface area (TPSA) is 50.2 Å². The molecule has 1 amide bonds. The van der Waals surface area contributed by atoms with Crippen molar-refractivity contribution in [2.45, 2.75) is 51.1 Å². The predicted octanol–water partition coefficient (Wildman–Crippen LogP) is 5.66. The van der Waals surface area contributed by atoms with Crippen LogP contribution in [0.2, 0.25) is 10.0 Å². The van der Waals surface area contributed by atoms with Gasteiger partial charge in [0.2, 0.25) is 0 Å². The van der Waals surface area contributed by atoms with E-state index in [1.165, 1.54) is 0 Å². The van der Waals surface area contributed by atoms with Gasteiger partial charge in [0, 0.05) is 37.1 Å². The summed E-state index contributed by atoms with van der Waals surface area (Å²) in [7, 11) is 1.82. The summed E-state index contributed by atoms with van der Waals surface area (Å²) in [6, 6.07) is 11.3. The van der Waals surface area contributed by atoms with Crippen molar-refractivity contribution in [3.8, 4) is 0 Å². The SMILES string of the molecule is CC1C(c2cc(Cn3ccnc3)cc(C(=O)NCc3ccc(Cl)c(Cl)c3)c2)CCC(F)N1C. The summed E-state index contributed by atoms with van der Waals surface area (Å²) < 4.78 is 16.2. The Morgan fingerprint density at radius 1 is 1.15 bits per heavy atom. The van der Waals surface area contributed by atoms with E-state index in [0.29, 0.717) is 35.1 Å².